The van der Waals surface area contributed by atoms with Crippen LogP contribution in [0.3, 0.4) is 0 Å². The van der Waals surface area contributed by atoms with Crippen LogP contribution in [-0.2, 0) is 12.8 Å². The van der Waals surface area contributed by atoms with Crippen molar-refractivity contribution in [1.29, 1.82) is 0 Å². The first-order valence-electron chi connectivity index (χ1n) is 5.76. The predicted molar refractivity (Wildman–Crippen MR) is 67.9 cm³/mol. The molecule has 5 heteroatoms. The van der Waals surface area contributed by atoms with Crippen LogP contribution in [0.15, 0.2) is 29.0 Å². The van der Waals surface area contributed by atoms with Crippen molar-refractivity contribution in [2.24, 2.45) is 0 Å². The molecule has 0 atom stereocenters. The molecule has 0 fully saturated rings. The highest BCUT2D eigenvalue weighted by atomic mass is 35.5. The molecule has 2 aromatic heterocycles. The van der Waals surface area contributed by atoms with E-state index in [9.17, 15) is 4.79 Å². The average molecular weight is 263 g/mol. The van der Waals surface area contributed by atoms with Crippen molar-refractivity contribution in [2.75, 3.05) is 5.32 Å². The summed E-state index contributed by atoms with van der Waals surface area (Å²) in [6.45, 7) is 0. The third-order valence-corrected chi connectivity index (χ3v) is 3.27. The summed E-state index contributed by atoms with van der Waals surface area (Å²) in [6.07, 6.45) is 6.19. The quantitative estimate of drug-likeness (QED) is 0.846. The maximum Gasteiger partial charge on any atom is 0.291 e. The Kier molecular flexibility index (Phi) is 2.80. The second-order valence-electron chi connectivity index (χ2n) is 4.25. The fraction of sp³-hybridized carbons (Fsp3) is 0.231. The number of aromatic nitrogens is 1. The SMILES string of the molecule is O=C(Nc1ccc(Cl)nc1)c1occ2c1CCC2. The van der Waals surface area contributed by atoms with Crippen molar-refractivity contribution in [2.45, 2.75) is 19.3 Å². The van der Waals surface area contributed by atoms with Gasteiger partial charge in [-0.3, -0.25) is 4.79 Å². The van der Waals surface area contributed by atoms with Crippen molar-refractivity contribution in [3.8, 4) is 0 Å². The zero-order chi connectivity index (χ0) is 12.5. The molecule has 2 heterocycles. The smallest absolute Gasteiger partial charge is 0.291 e. The summed E-state index contributed by atoms with van der Waals surface area (Å²) < 4.78 is 5.34. The molecule has 0 radical (unpaired) electrons. The average Bonchev–Trinajstić information content (AvgIpc) is 2.93. The van der Waals surface area contributed by atoms with Crippen molar-refractivity contribution in [3.63, 3.8) is 0 Å². The van der Waals surface area contributed by atoms with E-state index in [1.807, 2.05) is 0 Å². The number of halogens is 1. The predicted octanol–water partition coefficient (Wildman–Crippen LogP) is 3.07. The van der Waals surface area contributed by atoms with Gasteiger partial charge >= 0.3 is 0 Å². The molecule has 1 N–H and O–H groups in total. The highest BCUT2D eigenvalue weighted by Gasteiger charge is 2.23. The van der Waals surface area contributed by atoms with Crippen LogP contribution in [-0.4, -0.2) is 10.9 Å². The first kappa shape index (κ1) is 11.3. The first-order valence-corrected chi connectivity index (χ1v) is 6.14. The summed E-state index contributed by atoms with van der Waals surface area (Å²) in [5, 5.41) is 3.14. The molecular weight excluding hydrogens is 252 g/mol. The zero-order valence-electron chi connectivity index (χ0n) is 9.57. The number of carbonyl (C=O) groups is 1. The van der Waals surface area contributed by atoms with Crippen LogP contribution >= 0.6 is 11.6 Å². The normalized spacial score (nSPS) is 13.4. The van der Waals surface area contributed by atoms with Crippen LogP contribution in [0.25, 0.3) is 0 Å². The van der Waals surface area contributed by atoms with Gasteiger partial charge in [0.1, 0.15) is 5.15 Å². The van der Waals surface area contributed by atoms with Crippen molar-refractivity contribution in [3.05, 3.63) is 46.6 Å². The number of hydrogen-bond donors (Lipinski definition) is 1. The van der Waals surface area contributed by atoms with Crippen molar-refractivity contribution in [1.82, 2.24) is 4.98 Å². The summed E-state index contributed by atoms with van der Waals surface area (Å²) >= 11 is 5.68. The van der Waals surface area contributed by atoms with E-state index in [0.29, 0.717) is 16.6 Å². The second kappa shape index (κ2) is 4.46. The Morgan fingerprint density at radius 3 is 3.06 bits per heavy atom. The molecule has 2 aromatic rings. The number of fused-ring (bicyclic) bond motifs is 1. The first-order chi connectivity index (χ1) is 8.74. The Hall–Kier alpha value is -1.81. The van der Waals surface area contributed by atoms with E-state index in [1.54, 1.807) is 18.4 Å². The van der Waals surface area contributed by atoms with Crippen molar-refractivity contribution >= 4 is 23.2 Å². The van der Waals surface area contributed by atoms with Gasteiger partial charge in [0.05, 0.1) is 18.1 Å². The van der Waals surface area contributed by atoms with Crippen LogP contribution in [0, 0.1) is 0 Å². The Morgan fingerprint density at radius 1 is 1.39 bits per heavy atom. The number of carbonyl (C=O) groups excluding carboxylic acids is 1. The lowest BCUT2D eigenvalue weighted by Crippen LogP contribution is -2.12. The minimum atomic E-state index is -0.234. The van der Waals surface area contributed by atoms with Gasteiger partial charge in [0.15, 0.2) is 5.76 Å². The number of rotatable bonds is 2. The van der Waals surface area contributed by atoms with Gasteiger partial charge in [-0.15, -0.1) is 0 Å². The molecular formula is C13H11ClN2O2. The number of nitrogens with zero attached hydrogens (tertiary/aromatic N) is 1. The summed E-state index contributed by atoms with van der Waals surface area (Å²) in [4.78, 5) is 16.0. The van der Waals surface area contributed by atoms with Gasteiger partial charge in [0.2, 0.25) is 0 Å². The van der Waals surface area contributed by atoms with E-state index >= 15 is 0 Å². The molecule has 0 unspecified atom stereocenters. The second-order valence-corrected chi connectivity index (χ2v) is 4.63. The number of pyridine rings is 1. The van der Waals surface area contributed by atoms with E-state index < -0.39 is 0 Å². The van der Waals surface area contributed by atoms with Gasteiger partial charge in [-0.25, -0.2) is 4.98 Å². The Labute approximate surface area is 109 Å². The van der Waals surface area contributed by atoms with E-state index in [2.05, 4.69) is 10.3 Å². The molecule has 18 heavy (non-hydrogen) atoms. The fourth-order valence-electron chi connectivity index (χ4n) is 2.19. The summed E-state index contributed by atoms with van der Waals surface area (Å²) in [5.74, 6) is 0.180. The Bertz CT molecular complexity index is 590. The van der Waals surface area contributed by atoms with E-state index in [-0.39, 0.29) is 5.91 Å². The molecule has 3 rings (SSSR count). The molecule has 0 bridgehead atoms. The highest BCUT2D eigenvalue weighted by Crippen LogP contribution is 2.27. The third kappa shape index (κ3) is 1.99. The molecule has 92 valence electrons. The van der Waals surface area contributed by atoms with Gasteiger partial charge in [-0.1, -0.05) is 11.6 Å². The van der Waals surface area contributed by atoms with Crippen LogP contribution in [0.4, 0.5) is 5.69 Å². The molecule has 0 aromatic carbocycles. The van der Waals surface area contributed by atoms with Crippen LogP contribution in [0.2, 0.25) is 5.15 Å². The number of furan rings is 1. The van der Waals surface area contributed by atoms with E-state index in [1.165, 1.54) is 6.20 Å². The van der Waals surface area contributed by atoms with Crippen molar-refractivity contribution < 1.29 is 9.21 Å². The zero-order valence-corrected chi connectivity index (χ0v) is 10.3. The summed E-state index contributed by atoms with van der Waals surface area (Å²) in [5.41, 5.74) is 2.79. The summed E-state index contributed by atoms with van der Waals surface area (Å²) in [7, 11) is 0. The Balaban J connectivity index is 1.80. The van der Waals surface area contributed by atoms with Crippen LogP contribution in [0.1, 0.15) is 28.1 Å². The van der Waals surface area contributed by atoms with Crippen LogP contribution in [0.5, 0.6) is 0 Å². The van der Waals surface area contributed by atoms with Gasteiger partial charge in [-0.05, 0) is 37.0 Å². The number of aryl methyl sites for hydroxylation is 1. The lowest BCUT2D eigenvalue weighted by atomic mass is 10.2. The topological polar surface area (TPSA) is 55.1 Å². The molecule has 1 aliphatic rings. The monoisotopic (exact) mass is 262 g/mol. The molecule has 0 saturated heterocycles. The number of amides is 1. The largest absolute Gasteiger partial charge is 0.459 e. The van der Waals surface area contributed by atoms with Gasteiger partial charge in [-0.2, -0.15) is 0 Å². The maximum atomic E-state index is 12.1. The number of nitrogens with one attached hydrogen (secondary N) is 1. The number of anilines is 1. The molecule has 4 nitrogen and oxygen atoms in total. The summed E-state index contributed by atoms with van der Waals surface area (Å²) in [6, 6.07) is 3.33. The van der Waals surface area contributed by atoms with Gasteiger partial charge < -0.3 is 9.73 Å². The minimum absolute atomic E-state index is 0.234. The van der Waals surface area contributed by atoms with Gasteiger partial charge in [0, 0.05) is 5.56 Å². The molecule has 0 aliphatic heterocycles. The number of hydrogen-bond acceptors (Lipinski definition) is 3. The minimum Gasteiger partial charge on any atom is -0.459 e. The lowest BCUT2D eigenvalue weighted by molar-refractivity contribution is 0.0995. The molecule has 1 aliphatic carbocycles. The highest BCUT2D eigenvalue weighted by molar-refractivity contribution is 6.29. The van der Waals surface area contributed by atoms with Gasteiger partial charge in [0.25, 0.3) is 5.91 Å². The maximum absolute atomic E-state index is 12.1. The van der Waals surface area contributed by atoms with E-state index in [4.69, 9.17) is 16.0 Å². The molecule has 0 spiro atoms. The Morgan fingerprint density at radius 2 is 2.28 bits per heavy atom. The molecule has 1 amide bonds. The standard InChI is InChI=1S/C13H11ClN2O2/c14-11-5-4-9(6-15-11)16-13(17)12-10-3-1-2-8(10)7-18-12/h4-7H,1-3H2,(H,16,17). The van der Waals surface area contributed by atoms with E-state index in [0.717, 1.165) is 30.4 Å². The molecule has 0 saturated carbocycles. The third-order valence-electron chi connectivity index (χ3n) is 3.05. The fourth-order valence-corrected chi connectivity index (χ4v) is 2.30. The lowest BCUT2D eigenvalue weighted by Gasteiger charge is -2.03. The van der Waals surface area contributed by atoms with Crippen LogP contribution < -0.4 is 5.32 Å².